The number of halogens is 2. The second kappa shape index (κ2) is 12.9. The van der Waals surface area contributed by atoms with Crippen molar-refractivity contribution in [2.24, 2.45) is 0 Å². The third-order valence-electron chi connectivity index (χ3n) is 6.01. The first kappa shape index (κ1) is 28.3. The van der Waals surface area contributed by atoms with Gasteiger partial charge < -0.3 is 15.4 Å². The number of aryl methyl sites for hydroxylation is 1. The lowest BCUT2D eigenvalue weighted by Gasteiger charge is -2.30. The van der Waals surface area contributed by atoms with E-state index < -0.39 is 11.9 Å². The predicted molar refractivity (Wildman–Crippen MR) is 157 cm³/mol. The van der Waals surface area contributed by atoms with E-state index in [0.717, 1.165) is 11.1 Å². The molecular formula is C30H25Cl2N3O3S. The molecule has 0 unspecified atom stereocenters. The number of amides is 1. The molecule has 0 aliphatic carbocycles. The average Bonchev–Trinajstić information content (AvgIpc) is 2.94. The van der Waals surface area contributed by atoms with E-state index in [2.05, 4.69) is 16.7 Å². The van der Waals surface area contributed by atoms with Gasteiger partial charge in [-0.2, -0.15) is 5.26 Å². The molecule has 1 aliphatic heterocycles. The number of benzene rings is 3. The van der Waals surface area contributed by atoms with Crippen LogP contribution in [0.4, 0.5) is 5.69 Å². The molecular weight excluding hydrogens is 553 g/mol. The van der Waals surface area contributed by atoms with Crippen molar-refractivity contribution in [2.45, 2.75) is 19.8 Å². The van der Waals surface area contributed by atoms with Gasteiger partial charge in [0, 0.05) is 15.7 Å². The van der Waals surface area contributed by atoms with E-state index in [-0.39, 0.29) is 18.3 Å². The van der Waals surface area contributed by atoms with E-state index in [0.29, 0.717) is 43.2 Å². The van der Waals surface area contributed by atoms with Crippen LogP contribution >= 0.6 is 35.0 Å². The van der Waals surface area contributed by atoms with Gasteiger partial charge in [0.25, 0.3) is 0 Å². The highest BCUT2D eigenvalue weighted by Crippen LogP contribution is 2.43. The molecule has 6 nitrogen and oxygen atoms in total. The number of dihydropyridines is 1. The molecule has 1 aliphatic rings. The second-order valence-electron chi connectivity index (χ2n) is 8.64. The molecule has 2 N–H and O–H groups in total. The number of hydrogen-bond acceptors (Lipinski definition) is 6. The van der Waals surface area contributed by atoms with Gasteiger partial charge in [-0.15, -0.1) is 0 Å². The van der Waals surface area contributed by atoms with Gasteiger partial charge in [-0.3, -0.25) is 4.79 Å². The molecule has 3 aromatic rings. The summed E-state index contributed by atoms with van der Waals surface area (Å²) in [4.78, 5) is 26.2. The Labute approximate surface area is 241 Å². The van der Waals surface area contributed by atoms with Gasteiger partial charge in [0.1, 0.15) is 0 Å². The zero-order valence-corrected chi connectivity index (χ0v) is 23.6. The van der Waals surface area contributed by atoms with Crippen molar-refractivity contribution < 1.29 is 14.3 Å². The molecule has 198 valence electrons. The van der Waals surface area contributed by atoms with Crippen molar-refractivity contribution in [3.63, 3.8) is 0 Å². The Morgan fingerprint density at radius 2 is 1.79 bits per heavy atom. The zero-order valence-electron chi connectivity index (χ0n) is 21.3. The summed E-state index contributed by atoms with van der Waals surface area (Å²) in [6.07, 6.45) is 0. The number of rotatable bonds is 8. The molecule has 3 aromatic carbocycles. The minimum atomic E-state index is -0.732. The summed E-state index contributed by atoms with van der Waals surface area (Å²) in [5.74, 6) is -1.52. The van der Waals surface area contributed by atoms with Crippen LogP contribution < -0.4 is 10.6 Å². The first-order valence-corrected chi connectivity index (χ1v) is 13.9. The van der Waals surface area contributed by atoms with E-state index in [1.54, 1.807) is 43.3 Å². The summed E-state index contributed by atoms with van der Waals surface area (Å²) in [5.41, 5.74) is 4.06. The summed E-state index contributed by atoms with van der Waals surface area (Å²) in [6.45, 7) is 3.79. The molecule has 39 heavy (non-hydrogen) atoms. The molecule has 0 bridgehead atoms. The van der Waals surface area contributed by atoms with Crippen LogP contribution in [0.1, 0.15) is 29.5 Å². The highest BCUT2D eigenvalue weighted by Gasteiger charge is 2.37. The normalized spacial score (nSPS) is 14.9. The number of ether oxygens (including phenoxy) is 1. The van der Waals surface area contributed by atoms with Crippen molar-refractivity contribution >= 4 is 58.2 Å². The van der Waals surface area contributed by atoms with Gasteiger partial charge in [-0.25, -0.2) is 4.79 Å². The van der Waals surface area contributed by atoms with Gasteiger partial charge in [-0.1, -0.05) is 83.5 Å². The maximum Gasteiger partial charge on any atom is 0.337 e. The van der Waals surface area contributed by atoms with E-state index in [9.17, 15) is 14.9 Å². The zero-order chi connectivity index (χ0) is 27.9. The maximum absolute atomic E-state index is 13.4. The molecule has 0 aromatic heterocycles. The first-order valence-electron chi connectivity index (χ1n) is 12.1. The SMILES string of the molecule is CCOC(=O)C1=C(c2ccccc2)NC(SCC(=O)Nc2ccc(C)c(Cl)c2)=C(C#N)[C@@H]1c1ccc(Cl)cc1. The second-order valence-corrected chi connectivity index (χ2v) is 10.5. The fraction of sp³-hybridized carbons (Fsp3) is 0.167. The molecule has 4 rings (SSSR count). The van der Waals surface area contributed by atoms with Crippen LogP contribution in [-0.4, -0.2) is 24.2 Å². The van der Waals surface area contributed by atoms with Gasteiger partial charge in [-0.05, 0) is 54.8 Å². The van der Waals surface area contributed by atoms with Crippen molar-refractivity contribution in [1.82, 2.24) is 5.32 Å². The highest BCUT2D eigenvalue weighted by molar-refractivity contribution is 8.03. The number of thioether (sulfide) groups is 1. The minimum Gasteiger partial charge on any atom is -0.463 e. The van der Waals surface area contributed by atoms with Crippen LogP contribution in [0.5, 0.6) is 0 Å². The number of allylic oxidation sites excluding steroid dienone is 1. The lowest BCUT2D eigenvalue weighted by Crippen LogP contribution is -2.29. The first-order chi connectivity index (χ1) is 18.8. The lowest BCUT2D eigenvalue weighted by molar-refractivity contribution is -0.138. The van der Waals surface area contributed by atoms with Gasteiger partial charge >= 0.3 is 5.97 Å². The fourth-order valence-corrected chi connectivity index (χ4v) is 5.30. The number of esters is 1. The fourth-order valence-electron chi connectivity index (χ4n) is 4.15. The Morgan fingerprint density at radius 1 is 1.08 bits per heavy atom. The minimum absolute atomic E-state index is 0.0170. The van der Waals surface area contributed by atoms with Gasteiger partial charge in [0.2, 0.25) is 5.91 Å². The Balaban J connectivity index is 1.74. The highest BCUT2D eigenvalue weighted by atomic mass is 35.5. The largest absolute Gasteiger partial charge is 0.463 e. The number of carbonyl (C=O) groups is 2. The average molecular weight is 579 g/mol. The van der Waals surface area contributed by atoms with E-state index in [1.807, 2.05) is 43.3 Å². The molecule has 0 radical (unpaired) electrons. The molecule has 0 saturated heterocycles. The van der Waals surface area contributed by atoms with Crippen LogP contribution in [-0.2, 0) is 14.3 Å². The van der Waals surface area contributed by atoms with E-state index in [4.69, 9.17) is 27.9 Å². The molecule has 9 heteroatoms. The monoisotopic (exact) mass is 577 g/mol. The smallest absolute Gasteiger partial charge is 0.337 e. The van der Waals surface area contributed by atoms with E-state index in [1.165, 1.54) is 11.8 Å². The summed E-state index contributed by atoms with van der Waals surface area (Å²) in [5, 5.41) is 18.0. The number of carbonyl (C=O) groups excluding carboxylic acids is 2. The Hall–Kier alpha value is -3.70. The molecule has 1 atom stereocenters. The van der Waals surface area contributed by atoms with Crippen LogP contribution in [0.3, 0.4) is 0 Å². The van der Waals surface area contributed by atoms with Crippen LogP contribution in [0.15, 0.2) is 89.0 Å². The summed E-state index contributed by atoms with van der Waals surface area (Å²) in [6, 6.07) is 23.9. The van der Waals surface area contributed by atoms with Crippen LogP contribution in [0, 0.1) is 18.3 Å². The number of nitrogens with zero attached hydrogens (tertiary/aromatic N) is 1. The lowest BCUT2D eigenvalue weighted by atomic mass is 9.81. The van der Waals surface area contributed by atoms with Crippen molar-refractivity contribution in [3.8, 4) is 6.07 Å². The predicted octanol–water partition coefficient (Wildman–Crippen LogP) is 7.07. The number of anilines is 1. The summed E-state index contributed by atoms with van der Waals surface area (Å²) < 4.78 is 5.44. The van der Waals surface area contributed by atoms with Crippen LogP contribution in [0.2, 0.25) is 10.0 Å². The van der Waals surface area contributed by atoms with E-state index >= 15 is 0 Å². The Morgan fingerprint density at radius 3 is 2.44 bits per heavy atom. The third kappa shape index (κ3) is 6.66. The number of hydrogen-bond donors (Lipinski definition) is 2. The molecule has 1 amide bonds. The molecule has 1 heterocycles. The quantitative estimate of drug-likeness (QED) is 0.278. The Kier molecular flexibility index (Phi) is 9.36. The van der Waals surface area contributed by atoms with Crippen molar-refractivity contribution in [3.05, 3.63) is 116 Å². The summed E-state index contributed by atoms with van der Waals surface area (Å²) in [7, 11) is 0. The Bertz CT molecular complexity index is 1500. The van der Waals surface area contributed by atoms with Gasteiger partial charge in [0.15, 0.2) is 0 Å². The molecule has 0 spiro atoms. The van der Waals surface area contributed by atoms with Crippen molar-refractivity contribution in [1.29, 1.82) is 5.26 Å². The standard InChI is InChI=1S/C30H25Cl2N3O3S/c1-3-38-30(37)27-26(19-10-12-21(31)13-11-19)23(16-33)29(35-28(27)20-7-5-4-6-8-20)39-17-25(36)34-22-14-9-18(2)24(32)15-22/h4-15,26,35H,3,17H2,1-2H3,(H,34,36)/t26-/m0/s1. The van der Waals surface area contributed by atoms with Crippen LogP contribution in [0.25, 0.3) is 5.70 Å². The molecule has 0 saturated carbocycles. The summed E-state index contributed by atoms with van der Waals surface area (Å²) >= 11 is 13.5. The maximum atomic E-state index is 13.4. The number of nitrogens with one attached hydrogen (secondary N) is 2. The van der Waals surface area contributed by atoms with Gasteiger partial charge in [0.05, 0.1) is 46.2 Å². The van der Waals surface area contributed by atoms with Crippen molar-refractivity contribution in [2.75, 3.05) is 17.7 Å². The third-order valence-corrected chi connectivity index (χ3v) is 7.69. The number of nitriles is 1. The topological polar surface area (TPSA) is 91.2 Å². The molecule has 0 fully saturated rings.